The van der Waals surface area contributed by atoms with Crippen LogP contribution in [-0.4, -0.2) is 24.0 Å². The molecule has 1 fully saturated rings. The van der Waals surface area contributed by atoms with E-state index in [1.165, 1.54) is 12.8 Å². The summed E-state index contributed by atoms with van der Waals surface area (Å²) in [5.74, 6) is 0. The molecule has 2 amide bonds. The number of carbonyl (C=O) groups excluding carboxylic acids is 1. The van der Waals surface area contributed by atoms with Gasteiger partial charge in [0.15, 0.2) is 0 Å². The van der Waals surface area contributed by atoms with E-state index >= 15 is 0 Å². The number of nitrogen functional groups attached to an aromatic ring is 1. The van der Waals surface area contributed by atoms with Gasteiger partial charge in [-0.15, -0.1) is 0 Å². The van der Waals surface area contributed by atoms with Crippen LogP contribution in [0.25, 0.3) is 0 Å². The number of urea groups is 1. The van der Waals surface area contributed by atoms with Gasteiger partial charge in [0.25, 0.3) is 0 Å². The van der Waals surface area contributed by atoms with E-state index in [1.807, 2.05) is 17.0 Å². The van der Waals surface area contributed by atoms with Gasteiger partial charge in [-0.25, -0.2) is 4.79 Å². The van der Waals surface area contributed by atoms with E-state index in [0.29, 0.717) is 5.69 Å². The highest BCUT2D eigenvalue weighted by molar-refractivity contribution is 9.10. The molecule has 4 nitrogen and oxygen atoms in total. The minimum absolute atomic E-state index is 0.0291. The lowest BCUT2D eigenvalue weighted by Crippen LogP contribution is -2.35. The van der Waals surface area contributed by atoms with Crippen molar-refractivity contribution >= 4 is 33.3 Å². The molecule has 1 aromatic rings. The first-order valence-electron chi connectivity index (χ1n) is 6.28. The van der Waals surface area contributed by atoms with Crippen molar-refractivity contribution in [1.29, 1.82) is 0 Å². The molecule has 0 atom stereocenters. The number of rotatable bonds is 1. The maximum absolute atomic E-state index is 12.1. The van der Waals surface area contributed by atoms with Crippen LogP contribution in [0.5, 0.6) is 0 Å². The van der Waals surface area contributed by atoms with Gasteiger partial charge in [-0.05, 0) is 47.0 Å². The zero-order valence-electron chi connectivity index (χ0n) is 10.3. The first kappa shape index (κ1) is 13.2. The molecule has 0 saturated carbocycles. The van der Waals surface area contributed by atoms with Crippen molar-refractivity contribution < 1.29 is 4.79 Å². The lowest BCUT2D eigenvalue weighted by molar-refractivity contribution is 0.214. The van der Waals surface area contributed by atoms with Crippen molar-refractivity contribution in [3.63, 3.8) is 0 Å². The molecule has 0 aromatic heterocycles. The van der Waals surface area contributed by atoms with Gasteiger partial charge in [-0.2, -0.15) is 0 Å². The minimum Gasteiger partial charge on any atom is -0.398 e. The lowest BCUT2D eigenvalue weighted by atomic mass is 10.2. The third-order valence-electron chi connectivity index (χ3n) is 3.14. The number of hydrogen-bond acceptors (Lipinski definition) is 2. The van der Waals surface area contributed by atoms with Crippen LogP contribution >= 0.6 is 15.9 Å². The molecule has 1 aromatic carbocycles. The van der Waals surface area contributed by atoms with E-state index in [0.717, 1.165) is 36.1 Å². The van der Waals surface area contributed by atoms with Crippen molar-refractivity contribution in [3.05, 3.63) is 22.7 Å². The van der Waals surface area contributed by atoms with E-state index in [2.05, 4.69) is 21.2 Å². The topological polar surface area (TPSA) is 58.4 Å². The summed E-state index contributed by atoms with van der Waals surface area (Å²) in [5.41, 5.74) is 7.16. The van der Waals surface area contributed by atoms with Gasteiger partial charge in [-0.3, -0.25) is 0 Å². The molecule has 98 valence electrons. The molecule has 0 radical (unpaired) electrons. The highest BCUT2D eigenvalue weighted by Gasteiger charge is 2.15. The molecule has 0 spiro atoms. The second kappa shape index (κ2) is 6.09. The van der Waals surface area contributed by atoms with Crippen LogP contribution in [0.1, 0.15) is 25.7 Å². The summed E-state index contributed by atoms with van der Waals surface area (Å²) >= 11 is 3.33. The van der Waals surface area contributed by atoms with Gasteiger partial charge in [0.2, 0.25) is 0 Å². The molecule has 3 N–H and O–H groups in total. The molecule has 1 aliphatic rings. The summed E-state index contributed by atoms with van der Waals surface area (Å²) in [7, 11) is 0. The molecular weight excluding hydrogens is 294 g/mol. The van der Waals surface area contributed by atoms with Crippen LogP contribution in [0.4, 0.5) is 16.2 Å². The van der Waals surface area contributed by atoms with E-state index in [-0.39, 0.29) is 6.03 Å². The Morgan fingerprint density at radius 1 is 1.22 bits per heavy atom. The smallest absolute Gasteiger partial charge is 0.321 e. The Hall–Kier alpha value is -1.23. The van der Waals surface area contributed by atoms with Gasteiger partial charge < -0.3 is 16.0 Å². The summed E-state index contributed by atoms with van der Waals surface area (Å²) in [6.45, 7) is 1.69. The summed E-state index contributed by atoms with van der Waals surface area (Å²) < 4.78 is 0.843. The highest BCUT2D eigenvalue weighted by Crippen LogP contribution is 2.23. The van der Waals surface area contributed by atoms with Gasteiger partial charge >= 0.3 is 6.03 Å². The van der Waals surface area contributed by atoms with Crippen LogP contribution in [0.2, 0.25) is 0 Å². The molecular formula is C13H18BrN3O. The van der Waals surface area contributed by atoms with E-state index in [1.54, 1.807) is 6.07 Å². The van der Waals surface area contributed by atoms with Crippen molar-refractivity contribution in [1.82, 2.24) is 4.90 Å². The molecule has 1 saturated heterocycles. The molecule has 5 heteroatoms. The first-order chi connectivity index (χ1) is 8.66. The molecule has 2 rings (SSSR count). The molecule has 1 heterocycles. The number of nitrogens with zero attached hydrogens (tertiary/aromatic N) is 1. The number of nitrogens with one attached hydrogen (secondary N) is 1. The number of carbonyl (C=O) groups is 1. The van der Waals surface area contributed by atoms with Gasteiger partial charge in [0, 0.05) is 28.9 Å². The molecule has 0 bridgehead atoms. The fourth-order valence-corrected chi connectivity index (χ4v) is 2.34. The Morgan fingerprint density at radius 2 is 1.89 bits per heavy atom. The highest BCUT2D eigenvalue weighted by atomic mass is 79.9. The Kier molecular flexibility index (Phi) is 4.47. The van der Waals surface area contributed by atoms with E-state index in [4.69, 9.17) is 5.73 Å². The number of nitrogens with two attached hydrogens (primary N) is 1. The average molecular weight is 312 g/mol. The van der Waals surface area contributed by atoms with Gasteiger partial charge in [0.1, 0.15) is 0 Å². The molecule has 1 aliphatic heterocycles. The second-order valence-electron chi connectivity index (χ2n) is 4.57. The third kappa shape index (κ3) is 3.38. The SMILES string of the molecule is Nc1cc(NC(=O)N2CCCCCC2)ccc1Br. The van der Waals surface area contributed by atoms with Crippen molar-refractivity contribution in [3.8, 4) is 0 Å². The van der Waals surface area contributed by atoms with Crippen LogP contribution in [0.15, 0.2) is 22.7 Å². The lowest BCUT2D eigenvalue weighted by Gasteiger charge is -2.20. The quantitative estimate of drug-likeness (QED) is 0.780. The largest absolute Gasteiger partial charge is 0.398 e. The standard InChI is InChI=1S/C13H18BrN3O/c14-11-6-5-10(9-12(11)15)16-13(18)17-7-3-1-2-4-8-17/h5-6,9H,1-4,7-8,15H2,(H,16,18). The zero-order chi connectivity index (χ0) is 13.0. The number of amides is 2. The maximum Gasteiger partial charge on any atom is 0.321 e. The number of halogens is 1. The van der Waals surface area contributed by atoms with Crippen molar-refractivity contribution in [2.75, 3.05) is 24.1 Å². The number of hydrogen-bond donors (Lipinski definition) is 2. The number of benzene rings is 1. The normalized spacial score (nSPS) is 16.2. The molecule has 0 unspecified atom stereocenters. The molecule has 0 aliphatic carbocycles. The predicted molar refractivity (Wildman–Crippen MR) is 77.6 cm³/mol. The van der Waals surface area contributed by atoms with Crippen LogP contribution in [-0.2, 0) is 0 Å². The Morgan fingerprint density at radius 3 is 2.50 bits per heavy atom. The number of likely N-dealkylation sites (tertiary alicyclic amines) is 1. The van der Waals surface area contributed by atoms with Crippen molar-refractivity contribution in [2.45, 2.75) is 25.7 Å². The summed E-state index contributed by atoms with van der Waals surface area (Å²) in [4.78, 5) is 14.0. The Balaban J connectivity index is 1.99. The Bertz CT molecular complexity index is 428. The summed E-state index contributed by atoms with van der Waals surface area (Å²) in [5, 5.41) is 2.89. The first-order valence-corrected chi connectivity index (χ1v) is 7.07. The molecule has 18 heavy (non-hydrogen) atoms. The minimum atomic E-state index is -0.0291. The maximum atomic E-state index is 12.1. The zero-order valence-corrected chi connectivity index (χ0v) is 11.9. The van der Waals surface area contributed by atoms with Crippen LogP contribution in [0.3, 0.4) is 0 Å². The van der Waals surface area contributed by atoms with Crippen LogP contribution < -0.4 is 11.1 Å². The summed E-state index contributed by atoms with van der Waals surface area (Å²) in [6.07, 6.45) is 4.62. The van der Waals surface area contributed by atoms with Crippen LogP contribution in [0, 0.1) is 0 Å². The second-order valence-corrected chi connectivity index (χ2v) is 5.42. The summed E-state index contributed by atoms with van der Waals surface area (Å²) in [6, 6.07) is 5.42. The Labute approximate surface area is 116 Å². The van der Waals surface area contributed by atoms with E-state index in [9.17, 15) is 4.79 Å². The third-order valence-corrected chi connectivity index (χ3v) is 3.86. The monoisotopic (exact) mass is 311 g/mol. The van der Waals surface area contributed by atoms with Crippen molar-refractivity contribution in [2.24, 2.45) is 0 Å². The van der Waals surface area contributed by atoms with Gasteiger partial charge in [0.05, 0.1) is 0 Å². The average Bonchev–Trinajstić information content (AvgIpc) is 2.62. The number of anilines is 2. The fourth-order valence-electron chi connectivity index (χ4n) is 2.10. The van der Waals surface area contributed by atoms with Gasteiger partial charge in [-0.1, -0.05) is 12.8 Å². The van der Waals surface area contributed by atoms with E-state index < -0.39 is 0 Å². The predicted octanol–water partition coefficient (Wildman–Crippen LogP) is 3.44. The fraction of sp³-hybridized carbons (Fsp3) is 0.462.